The van der Waals surface area contributed by atoms with E-state index in [0.717, 1.165) is 4.90 Å². The fourth-order valence-corrected chi connectivity index (χ4v) is 2.10. The summed E-state index contributed by atoms with van der Waals surface area (Å²) in [4.78, 5) is 15.5. The van der Waals surface area contributed by atoms with Crippen molar-refractivity contribution in [1.29, 1.82) is 0 Å². The van der Waals surface area contributed by atoms with Gasteiger partial charge < -0.3 is 10.6 Å². The summed E-state index contributed by atoms with van der Waals surface area (Å²) in [6.45, 7) is 4.22. The molecule has 0 aliphatic carbocycles. The number of hydrogen-bond donors (Lipinski definition) is 1. The summed E-state index contributed by atoms with van der Waals surface area (Å²) in [5.74, 6) is -0.0366. The summed E-state index contributed by atoms with van der Waals surface area (Å²) >= 11 is 6.53. The van der Waals surface area contributed by atoms with Gasteiger partial charge in [-0.15, -0.1) is 11.8 Å². The zero-order chi connectivity index (χ0) is 13.7. The lowest BCUT2D eigenvalue weighted by Gasteiger charge is -2.26. The predicted molar refractivity (Wildman–Crippen MR) is 81.2 cm³/mol. The Hall–Kier alpha value is -1.07. The van der Waals surface area contributed by atoms with Gasteiger partial charge in [-0.05, 0) is 44.4 Å². The molecule has 98 valence electrons. The van der Waals surface area contributed by atoms with Gasteiger partial charge in [-0.3, -0.25) is 4.79 Å². The zero-order valence-corrected chi connectivity index (χ0v) is 12.5. The molecule has 1 rings (SSSR count). The molecule has 0 bridgehead atoms. The predicted octanol–water partition coefficient (Wildman–Crippen LogP) is 2.55. The van der Waals surface area contributed by atoms with Crippen molar-refractivity contribution in [2.24, 2.45) is 5.73 Å². The Morgan fingerprint density at radius 2 is 1.94 bits per heavy atom. The number of amides is 1. The van der Waals surface area contributed by atoms with E-state index in [0.29, 0.717) is 17.1 Å². The second-order valence-electron chi connectivity index (χ2n) is 4.22. The van der Waals surface area contributed by atoms with Crippen molar-refractivity contribution in [3.8, 4) is 0 Å². The minimum atomic E-state index is -0.0366. The van der Waals surface area contributed by atoms with Crippen molar-refractivity contribution >= 4 is 34.9 Å². The minimum Gasteiger partial charge on any atom is -0.392 e. The van der Waals surface area contributed by atoms with Crippen LogP contribution < -0.4 is 5.73 Å². The molecule has 0 fully saturated rings. The molecule has 1 amide bonds. The topological polar surface area (TPSA) is 46.3 Å². The van der Waals surface area contributed by atoms with Crippen LogP contribution in [0.25, 0.3) is 0 Å². The van der Waals surface area contributed by atoms with Gasteiger partial charge in [0.15, 0.2) is 0 Å². The number of benzene rings is 1. The molecule has 1 aromatic carbocycles. The normalized spacial score (nSPS) is 10.4. The average molecular weight is 282 g/mol. The van der Waals surface area contributed by atoms with E-state index in [1.54, 1.807) is 16.7 Å². The van der Waals surface area contributed by atoms with Crippen LogP contribution in [-0.4, -0.2) is 34.6 Å². The van der Waals surface area contributed by atoms with E-state index < -0.39 is 0 Å². The van der Waals surface area contributed by atoms with E-state index in [1.165, 1.54) is 0 Å². The standard InChI is InChI=1S/C13H18N2OS2/c1-9(2)15(8-12(14)17)13(16)10-4-6-11(18-3)7-5-10/h4-7,9H,8H2,1-3H3,(H2,14,17). The first-order valence-electron chi connectivity index (χ1n) is 5.69. The molecule has 0 heterocycles. The maximum atomic E-state index is 12.3. The smallest absolute Gasteiger partial charge is 0.254 e. The number of hydrogen-bond acceptors (Lipinski definition) is 3. The summed E-state index contributed by atoms with van der Waals surface area (Å²) in [7, 11) is 0. The number of nitrogens with two attached hydrogens (primary N) is 1. The molecule has 0 saturated heterocycles. The first kappa shape index (κ1) is 15.0. The highest BCUT2D eigenvalue weighted by molar-refractivity contribution is 7.98. The number of thioether (sulfide) groups is 1. The second kappa shape index (κ2) is 6.75. The second-order valence-corrected chi connectivity index (χ2v) is 5.63. The van der Waals surface area contributed by atoms with Gasteiger partial charge in [-0.1, -0.05) is 12.2 Å². The molecule has 0 aromatic heterocycles. The van der Waals surface area contributed by atoms with Crippen molar-refractivity contribution in [3.05, 3.63) is 29.8 Å². The molecule has 0 atom stereocenters. The maximum absolute atomic E-state index is 12.3. The SMILES string of the molecule is CSc1ccc(C(=O)N(CC(N)=S)C(C)C)cc1. The molecule has 0 saturated carbocycles. The molecule has 0 spiro atoms. The number of nitrogens with zero attached hydrogens (tertiary/aromatic N) is 1. The molecule has 0 aliphatic heterocycles. The molecule has 0 unspecified atom stereocenters. The molecule has 5 heteroatoms. The summed E-state index contributed by atoms with van der Waals surface area (Å²) in [5, 5.41) is 0. The number of thiocarbonyl (C=S) groups is 1. The highest BCUT2D eigenvalue weighted by Gasteiger charge is 2.19. The molecule has 0 radical (unpaired) electrons. The summed E-state index contributed by atoms with van der Waals surface area (Å²) < 4.78 is 0. The van der Waals surface area contributed by atoms with Crippen LogP contribution in [0.2, 0.25) is 0 Å². The molecule has 2 N–H and O–H groups in total. The van der Waals surface area contributed by atoms with Gasteiger partial charge in [-0.25, -0.2) is 0 Å². The Kier molecular flexibility index (Phi) is 5.62. The quantitative estimate of drug-likeness (QED) is 0.666. The molecule has 0 aliphatic rings. The van der Waals surface area contributed by atoms with Gasteiger partial charge >= 0.3 is 0 Å². The van der Waals surface area contributed by atoms with Crippen LogP contribution in [0.3, 0.4) is 0 Å². The van der Waals surface area contributed by atoms with Crippen molar-refractivity contribution in [3.63, 3.8) is 0 Å². The van der Waals surface area contributed by atoms with Crippen molar-refractivity contribution in [1.82, 2.24) is 4.90 Å². The fraction of sp³-hybridized carbons (Fsp3) is 0.385. The third kappa shape index (κ3) is 3.99. The van der Waals surface area contributed by atoms with Crippen LogP contribution in [0.15, 0.2) is 29.2 Å². The largest absolute Gasteiger partial charge is 0.392 e. The van der Waals surface area contributed by atoms with Crippen LogP contribution >= 0.6 is 24.0 Å². The summed E-state index contributed by atoms with van der Waals surface area (Å²) in [6.07, 6.45) is 2.00. The number of carbonyl (C=O) groups is 1. The molecule has 3 nitrogen and oxygen atoms in total. The molecule has 18 heavy (non-hydrogen) atoms. The van der Waals surface area contributed by atoms with Crippen LogP contribution in [0.1, 0.15) is 24.2 Å². The van der Waals surface area contributed by atoms with Gasteiger partial charge in [0.2, 0.25) is 0 Å². The van der Waals surface area contributed by atoms with Crippen molar-refractivity contribution in [2.45, 2.75) is 24.8 Å². The first-order valence-corrected chi connectivity index (χ1v) is 7.32. The zero-order valence-electron chi connectivity index (χ0n) is 10.8. The van der Waals surface area contributed by atoms with Gasteiger partial charge in [0.1, 0.15) is 0 Å². The first-order chi connectivity index (χ1) is 8.45. The Balaban J connectivity index is 2.90. The summed E-state index contributed by atoms with van der Waals surface area (Å²) in [5.41, 5.74) is 6.19. The molecule has 1 aromatic rings. The lowest BCUT2D eigenvalue weighted by Crippen LogP contribution is -2.42. The van der Waals surface area contributed by atoms with Crippen LogP contribution in [0, 0.1) is 0 Å². The van der Waals surface area contributed by atoms with Gasteiger partial charge in [-0.2, -0.15) is 0 Å². The molecular formula is C13H18N2OS2. The lowest BCUT2D eigenvalue weighted by molar-refractivity contribution is 0.0736. The Labute approximate surface area is 118 Å². The third-order valence-corrected chi connectivity index (χ3v) is 3.42. The van der Waals surface area contributed by atoms with E-state index in [-0.39, 0.29) is 11.9 Å². The van der Waals surface area contributed by atoms with Gasteiger partial charge in [0.05, 0.1) is 11.5 Å². The monoisotopic (exact) mass is 282 g/mol. The number of carbonyl (C=O) groups excluding carboxylic acids is 1. The van der Waals surface area contributed by atoms with Crippen LogP contribution in [0.5, 0.6) is 0 Å². The minimum absolute atomic E-state index is 0.0366. The molecular weight excluding hydrogens is 264 g/mol. The fourth-order valence-electron chi connectivity index (χ4n) is 1.56. The Morgan fingerprint density at radius 3 is 2.33 bits per heavy atom. The Morgan fingerprint density at radius 1 is 1.39 bits per heavy atom. The lowest BCUT2D eigenvalue weighted by atomic mass is 10.1. The van der Waals surface area contributed by atoms with Gasteiger partial charge in [0, 0.05) is 16.5 Å². The maximum Gasteiger partial charge on any atom is 0.254 e. The third-order valence-electron chi connectivity index (χ3n) is 2.55. The van der Waals surface area contributed by atoms with Crippen molar-refractivity contribution < 1.29 is 4.79 Å². The van der Waals surface area contributed by atoms with Crippen LogP contribution in [-0.2, 0) is 0 Å². The number of rotatable bonds is 5. The van der Waals surface area contributed by atoms with E-state index in [4.69, 9.17) is 18.0 Å². The van der Waals surface area contributed by atoms with Crippen LogP contribution in [0.4, 0.5) is 0 Å². The van der Waals surface area contributed by atoms with E-state index >= 15 is 0 Å². The highest BCUT2D eigenvalue weighted by Crippen LogP contribution is 2.16. The Bertz CT molecular complexity index is 429. The van der Waals surface area contributed by atoms with Gasteiger partial charge in [0.25, 0.3) is 5.91 Å². The highest BCUT2D eigenvalue weighted by atomic mass is 32.2. The van der Waals surface area contributed by atoms with E-state index in [1.807, 2.05) is 44.4 Å². The van der Waals surface area contributed by atoms with E-state index in [2.05, 4.69) is 0 Å². The van der Waals surface area contributed by atoms with Crippen molar-refractivity contribution in [2.75, 3.05) is 12.8 Å². The van der Waals surface area contributed by atoms with E-state index in [9.17, 15) is 4.79 Å². The summed E-state index contributed by atoms with van der Waals surface area (Å²) in [6, 6.07) is 7.62. The average Bonchev–Trinajstić information content (AvgIpc) is 2.34.